The number of nitrogens with zero attached hydrogens (tertiary/aromatic N) is 3. The van der Waals surface area contributed by atoms with Crippen LogP contribution in [0.4, 0.5) is 5.00 Å². The molecule has 4 rings (SSSR count). The molecule has 0 bridgehead atoms. The van der Waals surface area contributed by atoms with Crippen LogP contribution >= 0.6 is 11.3 Å². The number of rotatable bonds is 3. The van der Waals surface area contributed by atoms with Crippen molar-refractivity contribution in [2.45, 2.75) is 39.0 Å². The molecule has 0 spiro atoms. The van der Waals surface area contributed by atoms with Gasteiger partial charge in [0.05, 0.1) is 12.2 Å². The van der Waals surface area contributed by atoms with Crippen LogP contribution in [-0.2, 0) is 11.2 Å². The molecule has 26 heavy (non-hydrogen) atoms. The number of anilines is 1. The normalized spacial score (nSPS) is 19.2. The predicted octanol–water partition coefficient (Wildman–Crippen LogP) is 4.21. The van der Waals surface area contributed by atoms with Gasteiger partial charge in [-0.15, -0.1) is 0 Å². The Bertz CT molecular complexity index is 750. The highest BCUT2D eigenvalue weighted by Crippen LogP contribution is 2.37. The van der Waals surface area contributed by atoms with E-state index in [1.54, 1.807) is 11.3 Å². The van der Waals surface area contributed by atoms with Gasteiger partial charge in [-0.3, -0.25) is 9.69 Å². The lowest BCUT2D eigenvalue weighted by molar-refractivity contribution is -0.120. The van der Waals surface area contributed by atoms with E-state index in [1.165, 1.54) is 12.8 Å². The fourth-order valence-electron chi connectivity index (χ4n) is 3.82. The first-order chi connectivity index (χ1) is 12.7. The number of thiazole rings is 1. The highest BCUT2D eigenvalue weighted by molar-refractivity contribution is 7.19. The van der Waals surface area contributed by atoms with E-state index in [-0.39, 0.29) is 5.91 Å². The third kappa shape index (κ3) is 3.84. The van der Waals surface area contributed by atoms with Gasteiger partial charge in [0.25, 0.3) is 0 Å². The Kier molecular flexibility index (Phi) is 5.36. The Morgan fingerprint density at radius 3 is 2.69 bits per heavy atom. The van der Waals surface area contributed by atoms with E-state index >= 15 is 0 Å². The van der Waals surface area contributed by atoms with Crippen LogP contribution in [0.25, 0.3) is 10.6 Å². The second-order valence-corrected chi connectivity index (χ2v) is 8.58. The van der Waals surface area contributed by atoms with Crippen LogP contribution in [0.15, 0.2) is 30.3 Å². The Hall–Kier alpha value is -1.72. The molecule has 1 saturated heterocycles. The minimum atomic E-state index is 0.242. The quantitative estimate of drug-likeness (QED) is 0.813. The molecule has 0 atom stereocenters. The Labute approximate surface area is 159 Å². The van der Waals surface area contributed by atoms with Gasteiger partial charge in [-0.1, -0.05) is 48.6 Å². The van der Waals surface area contributed by atoms with Gasteiger partial charge in [0.15, 0.2) is 0 Å². The molecular formula is C21H27N3OS. The summed E-state index contributed by atoms with van der Waals surface area (Å²) in [6.45, 7) is 5.77. The topological polar surface area (TPSA) is 36.4 Å². The van der Waals surface area contributed by atoms with E-state index in [0.717, 1.165) is 66.1 Å². The number of carbonyl (C=O) groups is 1. The molecule has 0 radical (unpaired) electrons. The van der Waals surface area contributed by atoms with Crippen LogP contribution in [-0.4, -0.2) is 42.0 Å². The van der Waals surface area contributed by atoms with Gasteiger partial charge in [-0.05, 0) is 51.1 Å². The largest absolute Gasteiger partial charge is 0.301 e. The van der Waals surface area contributed by atoms with Crippen molar-refractivity contribution in [2.75, 3.05) is 31.1 Å². The number of piperidine rings is 1. The van der Waals surface area contributed by atoms with Crippen molar-refractivity contribution in [1.82, 2.24) is 9.88 Å². The van der Waals surface area contributed by atoms with Gasteiger partial charge in [-0.2, -0.15) is 0 Å². The van der Waals surface area contributed by atoms with E-state index in [9.17, 15) is 4.79 Å². The molecule has 5 heteroatoms. The lowest BCUT2D eigenvalue weighted by atomic mass is 9.99. The lowest BCUT2D eigenvalue weighted by Gasteiger charge is -2.31. The second-order valence-electron chi connectivity index (χ2n) is 7.60. The van der Waals surface area contributed by atoms with E-state index < -0.39 is 0 Å². The van der Waals surface area contributed by atoms with Gasteiger partial charge in [0.1, 0.15) is 10.0 Å². The maximum absolute atomic E-state index is 13.1. The fourth-order valence-corrected chi connectivity index (χ4v) is 4.98. The molecule has 0 aliphatic carbocycles. The summed E-state index contributed by atoms with van der Waals surface area (Å²) >= 11 is 1.68. The van der Waals surface area contributed by atoms with E-state index in [4.69, 9.17) is 4.98 Å². The predicted molar refractivity (Wildman–Crippen MR) is 108 cm³/mol. The standard InChI is InChI=1S/C21H27N3OS/c1-16-10-13-23(14-11-16)15-19(25)24-12-6-5-9-18-21(24)26-20(22-18)17-7-3-2-4-8-17/h2-4,7-8,16H,5-6,9-15H2,1H3. The summed E-state index contributed by atoms with van der Waals surface area (Å²) in [5.41, 5.74) is 2.25. The first kappa shape index (κ1) is 17.7. The molecule has 2 aromatic rings. The smallest absolute Gasteiger partial charge is 0.241 e. The maximum atomic E-state index is 13.1. The Balaban J connectivity index is 1.54. The number of likely N-dealkylation sites (tertiary alicyclic amines) is 1. The molecule has 1 fully saturated rings. The number of hydrogen-bond donors (Lipinski definition) is 0. The maximum Gasteiger partial charge on any atom is 0.241 e. The van der Waals surface area contributed by atoms with Crippen LogP contribution < -0.4 is 4.90 Å². The molecule has 2 aliphatic heterocycles. The molecule has 0 N–H and O–H groups in total. The first-order valence-electron chi connectivity index (χ1n) is 9.78. The van der Waals surface area contributed by atoms with Crippen molar-refractivity contribution in [3.05, 3.63) is 36.0 Å². The summed E-state index contributed by atoms with van der Waals surface area (Å²) in [6, 6.07) is 10.3. The zero-order chi connectivity index (χ0) is 17.9. The summed E-state index contributed by atoms with van der Waals surface area (Å²) in [7, 11) is 0. The van der Waals surface area contributed by atoms with Crippen LogP contribution in [0, 0.1) is 5.92 Å². The number of amides is 1. The van der Waals surface area contributed by atoms with Gasteiger partial charge < -0.3 is 4.90 Å². The summed E-state index contributed by atoms with van der Waals surface area (Å²) in [5.74, 6) is 1.03. The van der Waals surface area contributed by atoms with E-state index in [1.807, 2.05) is 23.1 Å². The van der Waals surface area contributed by atoms with Crippen LogP contribution in [0.2, 0.25) is 0 Å². The molecule has 4 nitrogen and oxygen atoms in total. The van der Waals surface area contributed by atoms with Crippen molar-refractivity contribution in [3.63, 3.8) is 0 Å². The summed E-state index contributed by atoms with van der Waals surface area (Å²) in [5, 5.41) is 2.11. The number of carbonyl (C=O) groups excluding carboxylic acids is 1. The number of hydrogen-bond acceptors (Lipinski definition) is 4. The molecular weight excluding hydrogens is 342 g/mol. The minimum absolute atomic E-state index is 0.242. The molecule has 0 unspecified atom stereocenters. The molecule has 1 aromatic heterocycles. The SMILES string of the molecule is CC1CCN(CC(=O)N2CCCCc3nc(-c4ccccc4)sc32)CC1. The highest BCUT2D eigenvalue weighted by atomic mass is 32.1. The van der Waals surface area contributed by atoms with Crippen molar-refractivity contribution in [1.29, 1.82) is 0 Å². The summed E-state index contributed by atoms with van der Waals surface area (Å²) in [4.78, 5) is 22.3. The zero-order valence-corrected chi connectivity index (χ0v) is 16.3. The van der Waals surface area contributed by atoms with Crippen molar-refractivity contribution in [2.24, 2.45) is 5.92 Å². The van der Waals surface area contributed by atoms with E-state index in [0.29, 0.717) is 6.54 Å². The van der Waals surface area contributed by atoms with Gasteiger partial charge in [-0.25, -0.2) is 4.98 Å². The number of fused-ring (bicyclic) bond motifs is 1. The minimum Gasteiger partial charge on any atom is -0.301 e. The molecule has 138 valence electrons. The molecule has 3 heterocycles. The van der Waals surface area contributed by atoms with Crippen LogP contribution in [0.1, 0.15) is 38.3 Å². The molecule has 2 aliphatic rings. The third-order valence-corrected chi connectivity index (χ3v) is 6.69. The summed E-state index contributed by atoms with van der Waals surface area (Å²) < 4.78 is 0. The van der Waals surface area contributed by atoms with Crippen LogP contribution in [0.5, 0.6) is 0 Å². The van der Waals surface area contributed by atoms with E-state index in [2.05, 4.69) is 24.0 Å². The van der Waals surface area contributed by atoms with Crippen molar-refractivity contribution < 1.29 is 4.79 Å². The Morgan fingerprint density at radius 1 is 1.15 bits per heavy atom. The van der Waals surface area contributed by atoms with Gasteiger partial charge >= 0.3 is 0 Å². The number of benzene rings is 1. The van der Waals surface area contributed by atoms with Crippen LogP contribution in [0.3, 0.4) is 0 Å². The molecule has 0 saturated carbocycles. The number of aromatic nitrogens is 1. The third-order valence-electron chi connectivity index (χ3n) is 5.52. The average molecular weight is 370 g/mol. The van der Waals surface area contributed by atoms with Crippen molar-refractivity contribution in [3.8, 4) is 10.6 Å². The average Bonchev–Trinajstić information content (AvgIpc) is 2.98. The fraction of sp³-hybridized carbons (Fsp3) is 0.524. The summed E-state index contributed by atoms with van der Waals surface area (Å²) in [6.07, 6.45) is 5.56. The molecule has 1 aromatic carbocycles. The van der Waals surface area contributed by atoms with Crippen molar-refractivity contribution >= 4 is 22.2 Å². The van der Waals surface area contributed by atoms with Gasteiger partial charge in [0, 0.05) is 12.1 Å². The second kappa shape index (κ2) is 7.89. The first-order valence-corrected chi connectivity index (χ1v) is 10.6. The highest BCUT2D eigenvalue weighted by Gasteiger charge is 2.27. The zero-order valence-electron chi connectivity index (χ0n) is 15.5. The van der Waals surface area contributed by atoms with Gasteiger partial charge in [0.2, 0.25) is 5.91 Å². The monoisotopic (exact) mass is 369 g/mol. The molecule has 1 amide bonds. The Morgan fingerprint density at radius 2 is 1.92 bits per heavy atom. The lowest BCUT2D eigenvalue weighted by Crippen LogP contribution is -2.43. The number of aryl methyl sites for hydroxylation is 1.